The summed E-state index contributed by atoms with van der Waals surface area (Å²) in [6.45, 7) is 5.52. The molecule has 1 aromatic rings. The molecule has 0 saturated carbocycles. The molecule has 124 valence electrons. The Morgan fingerprint density at radius 1 is 1.23 bits per heavy atom. The highest BCUT2D eigenvalue weighted by Crippen LogP contribution is 2.17. The van der Waals surface area contributed by atoms with Gasteiger partial charge in [0, 0.05) is 13.0 Å². The van der Waals surface area contributed by atoms with E-state index < -0.39 is 26.6 Å². The number of halogens is 2. The van der Waals surface area contributed by atoms with Gasteiger partial charge < -0.3 is 4.90 Å². The topological polar surface area (TPSA) is 50.6 Å². The van der Waals surface area contributed by atoms with Crippen molar-refractivity contribution in [3.63, 3.8) is 0 Å². The Morgan fingerprint density at radius 2 is 1.82 bits per heavy atom. The molecular formula is C15H23F2N2O2S+. The fraction of sp³-hybridized carbons (Fsp3) is 0.600. The van der Waals surface area contributed by atoms with Gasteiger partial charge in [0.15, 0.2) is 4.90 Å². The van der Waals surface area contributed by atoms with Crippen LogP contribution in [-0.2, 0) is 10.0 Å². The molecule has 4 nitrogen and oxygen atoms in total. The molecule has 0 bridgehead atoms. The van der Waals surface area contributed by atoms with Gasteiger partial charge in [-0.05, 0) is 30.9 Å². The van der Waals surface area contributed by atoms with Crippen LogP contribution in [0.5, 0.6) is 0 Å². The third-order valence-corrected chi connectivity index (χ3v) is 5.68. The van der Waals surface area contributed by atoms with Crippen LogP contribution in [-0.4, -0.2) is 34.6 Å². The molecule has 1 heterocycles. The molecule has 1 aromatic carbocycles. The van der Waals surface area contributed by atoms with Crippen molar-refractivity contribution < 1.29 is 22.1 Å². The maximum atomic E-state index is 13.5. The maximum absolute atomic E-state index is 13.5. The number of hydrogen-bond donors (Lipinski definition) is 2. The van der Waals surface area contributed by atoms with E-state index in [1.54, 1.807) is 0 Å². The van der Waals surface area contributed by atoms with E-state index in [1.165, 1.54) is 17.7 Å². The van der Waals surface area contributed by atoms with E-state index in [4.69, 9.17) is 0 Å². The Hall–Kier alpha value is -1.05. The molecule has 2 N–H and O–H groups in total. The average molecular weight is 333 g/mol. The van der Waals surface area contributed by atoms with Gasteiger partial charge in [0.05, 0.1) is 19.6 Å². The minimum absolute atomic E-state index is 0.190. The lowest BCUT2D eigenvalue weighted by molar-refractivity contribution is -0.906. The summed E-state index contributed by atoms with van der Waals surface area (Å²) >= 11 is 0. The standard InChI is InChI=1S/C15H22F2N2O2S/c1-12-6-10-19(11-7-12)9-3-8-18-22(20,21)15-13(16)4-2-5-14(15)17/h2,4-5,12,18H,3,6-11H2,1H3/p+1. The Kier molecular flexibility index (Phi) is 5.88. The third-order valence-electron chi connectivity index (χ3n) is 4.17. The van der Waals surface area contributed by atoms with Gasteiger partial charge in [0.25, 0.3) is 0 Å². The summed E-state index contributed by atoms with van der Waals surface area (Å²) in [4.78, 5) is 0.573. The molecule has 7 heteroatoms. The van der Waals surface area contributed by atoms with Crippen LogP contribution < -0.4 is 9.62 Å². The maximum Gasteiger partial charge on any atom is 0.246 e. The molecule has 0 radical (unpaired) electrons. The van der Waals surface area contributed by atoms with Crippen LogP contribution in [0.1, 0.15) is 26.2 Å². The van der Waals surface area contributed by atoms with Gasteiger partial charge in [-0.2, -0.15) is 0 Å². The number of piperidine rings is 1. The Bertz CT molecular complexity index is 579. The Labute approximate surface area is 130 Å². The normalized spacial score (nSPS) is 22.7. The van der Waals surface area contributed by atoms with E-state index in [1.807, 2.05) is 0 Å². The fourth-order valence-corrected chi connectivity index (χ4v) is 3.98. The quantitative estimate of drug-likeness (QED) is 0.762. The second-order valence-corrected chi connectivity index (χ2v) is 7.69. The molecule has 0 unspecified atom stereocenters. The zero-order valence-electron chi connectivity index (χ0n) is 12.7. The van der Waals surface area contributed by atoms with Crippen molar-refractivity contribution in [2.45, 2.75) is 31.1 Å². The molecule has 1 aliphatic heterocycles. The van der Waals surface area contributed by atoms with E-state index in [0.29, 0.717) is 6.42 Å². The lowest BCUT2D eigenvalue weighted by Gasteiger charge is -2.27. The van der Waals surface area contributed by atoms with Gasteiger partial charge in [-0.25, -0.2) is 21.9 Å². The van der Waals surface area contributed by atoms with E-state index in [9.17, 15) is 17.2 Å². The van der Waals surface area contributed by atoms with Crippen molar-refractivity contribution in [2.75, 3.05) is 26.2 Å². The number of likely N-dealkylation sites (tertiary alicyclic amines) is 1. The monoisotopic (exact) mass is 333 g/mol. The predicted molar refractivity (Wildman–Crippen MR) is 80.1 cm³/mol. The van der Waals surface area contributed by atoms with Crippen LogP contribution in [0.4, 0.5) is 8.78 Å². The van der Waals surface area contributed by atoms with Crippen molar-refractivity contribution in [1.82, 2.24) is 4.72 Å². The predicted octanol–water partition coefficient (Wildman–Crippen LogP) is 0.948. The minimum atomic E-state index is -4.14. The summed E-state index contributed by atoms with van der Waals surface area (Å²) in [5.74, 6) is -1.36. The fourth-order valence-electron chi connectivity index (χ4n) is 2.78. The van der Waals surface area contributed by atoms with E-state index in [0.717, 1.165) is 43.8 Å². The molecule has 0 atom stereocenters. The average Bonchev–Trinajstić information content (AvgIpc) is 2.45. The van der Waals surface area contributed by atoms with E-state index in [-0.39, 0.29) is 6.54 Å². The van der Waals surface area contributed by atoms with E-state index in [2.05, 4.69) is 11.6 Å². The zero-order valence-corrected chi connectivity index (χ0v) is 13.6. The Balaban J connectivity index is 1.83. The van der Waals surface area contributed by atoms with Crippen molar-refractivity contribution in [3.8, 4) is 0 Å². The highest BCUT2D eigenvalue weighted by atomic mass is 32.2. The van der Waals surface area contributed by atoms with Crippen LogP contribution in [0.25, 0.3) is 0 Å². The smallest absolute Gasteiger partial charge is 0.246 e. The molecule has 22 heavy (non-hydrogen) atoms. The van der Waals surface area contributed by atoms with Crippen LogP contribution >= 0.6 is 0 Å². The second kappa shape index (κ2) is 7.48. The van der Waals surface area contributed by atoms with Crippen molar-refractivity contribution in [3.05, 3.63) is 29.8 Å². The summed E-state index contributed by atoms with van der Waals surface area (Å²) in [5.41, 5.74) is 0. The lowest BCUT2D eigenvalue weighted by atomic mass is 9.99. The summed E-state index contributed by atoms with van der Waals surface area (Å²) < 4.78 is 53.3. The van der Waals surface area contributed by atoms with E-state index >= 15 is 0 Å². The highest BCUT2D eigenvalue weighted by molar-refractivity contribution is 7.89. The number of quaternary nitrogens is 1. The van der Waals surface area contributed by atoms with Crippen LogP contribution in [0.2, 0.25) is 0 Å². The molecule has 1 saturated heterocycles. The molecule has 0 aromatic heterocycles. The summed E-state index contributed by atoms with van der Waals surface area (Å²) in [6, 6.07) is 3.03. The molecule has 2 rings (SSSR count). The SMILES string of the molecule is CC1CC[NH+](CCCNS(=O)(=O)c2c(F)cccc2F)CC1. The first kappa shape index (κ1) is 17.3. The van der Waals surface area contributed by atoms with Gasteiger partial charge in [-0.15, -0.1) is 0 Å². The van der Waals surface area contributed by atoms with Crippen LogP contribution in [0.3, 0.4) is 0 Å². The minimum Gasteiger partial charge on any atom is -0.335 e. The van der Waals surface area contributed by atoms with Gasteiger partial charge in [0.1, 0.15) is 11.6 Å². The lowest BCUT2D eigenvalue weighted by Crippen LogP contribution is -3.13. The van der Waals surface area contributed by atoms with Gasteiger partial charge in [-0.3, -0.25) is 0 Å². The number of rotatable bonds is 6. The van der Waals surface area contributed by atoms with Crippen molar-refractivity contribution in [2.24, 2.45) is 5.92 Å². The van der Waals surface area contributed by atoms with Gasteiger partial charge in [-0.1, -0.05) is 13.0 Å². The molecule has 0 aliphatic carbocycles. The largest absolute Gasteiger partial charge is 0.335 e. The molecule has 1 fully saturated rings. The highest BCUT2D eigenvalue weighted by Gasteiger charge is 2.23. The first-order valence-corrected chi connectivity index (χ1v) is 9.15. The number of nitrogens with one attached hydrogen (secondary N) is 2. The van der Waals surface area contributed by atoms with Gasteiger partial charge >= 0.3 is 0 Å². The molecule has 0 amide bonds. The second-order valence-electron chi connectivity index (χ2n) is 5.98. The molecular weight excluding hydrogens is 310 g/mol. The number of benzene rings is 1. The first-order chi connectivity index (χ1) is 10.4. The van der Waals surface area contributed by atoms with Gasteiger partial charge in [0.2, 0.25) is 10.0 Å². The third kappa shape index (κ3) is 4.47. The Morgan fingerprint density at radius 3 is 2.41 bits per heavy atom. The first-order valence-electron chi connectivity index (χ1n) is 7.67. The van der Waals surface area contributed by atoms with Crippen molar-refractivity contribution in [1.29, 1.82) is 0 Å². The van der Waals surface area contributed by atoms with Crippen LogP contribution in [0.15, 0.2) is 23.1 Å². The summed E-state index contributed by atoms with van der Waals surface area (Å²) in [7, 11) is -4.14. The zero-order chi connectivity index (χ0) is 16.2. The number of hydrogen-bond acceptors (Lipinski definition) is 2. The molecule has 1 aliphatic rings. The summed E-state index contributed by atoms with van der Waals surface area (Å²) in [5, 5.41) is 0. The van der Waals surface area contributed by atoms with Crippen molar-refractivity contribution >= 4 is 10.0 Å². The summed E-state index contributed by atoms with van der Waals surface area (Å²) in [6.07, 6.45) is 3.04. The molecule has 0 spiro atoms. The number of sulfonamides is 1. The van der Waals surface area contributed by atoms with Crippen LogP contribution in [0, 0.1) is 17.6 Å².